The van der Waals surface area contributed by atoms with Gasteiger partial charge in [0.15, 0.2) is 5.65 Å². The first-order valence-corrected chi connectivity index (χ1v) is 8.33. The van der Waals surface area contributed by atoms with Crippen LogP contribution in [0.1, 0.15) is 56.8 Å². The molecule has 4 rings (SSSR count). The molecule has 4 nitrogen and oxygen atoms in total. The van der Waals surface area contributed by atoms with Crippen molar-refractivity contribution in [2.24, 2.45) is 11.1 Å². The molecule has 2 heterocycles. The third kappa shape index (κ3) is 2.35. The summed E-state index contributed by atoms with van der Waals surface area (Å²) < 4.78 is 2.40. The third-order valence-corrected chi connectivity index (χ3v) is 5.31. The molecule has 0 saturated heterocycles. The van der Waals surface area contributed by atoms with Gasteiger partial charge in [0, 0.05) is 18.7 Å². The van der Waals surface area contributed by atoms with E-state index in [1.807, 2.05) is 12.3 Å². The smallest absolute Gasteiger partial charge is 0.160 e. The molecule has 2 fully saturated rings. The minimum absolute atomic E-state index is 0.270. The van der Waals surface area contributed by atoms with Gasteiger partial charge in [0.1, 0.15) is 11.3 Å². The van der Waals surface area contributed by atoms with Crippen LogP contribution in [-0.2, 0) is 6.42 Å². The van der Waals surface area contributed by atoms with E-state index in [0.29, 0.717) is 6.04 Å². The second kappa shape index (κ2) is 5.09. The summed E-state index contributed by atoms with van der Waals surface area (Å²) in [5.74, 6) is 1.22. The van der Waals surface area contributed by atoms with Crippen LogP contribution < -0.4 is 5.73 Å². The first kappa shape index (κ1) is 13.3. The molecular weight excluding hydrogens is 260 g/mol. The number of imidazole rings is 1. The standard InChI is InChI=1S/C17H24N4/c18-12-17(8-2-1-3-9-17)11-15-20-14-5-4-10-19-16(14)21(15)13-6-7-13/h4-5,10,13H,1-3,6-9,11-12,18H2. The van der Waals surface area contributed by atoms with Crippen LogP contribution in [0.25, 0.3) is 11.2 Å². The van der Waals surface area contributed by atoms with Gasteiger partial charge in [0.2, 0.25) is 0 Å². The fraction of sp³-hybridized carbons (Fsp3) is 0.647. The lowest BCUT2D eigenvalue weighted by Gasteiger charge is -2.36. The number of aromatic nitrogens is 3. The van der Waals surface area contributed by atoms with Crippen LogP contribution in [0, 0.1) is 5.41 Å². The van der Waals surface area contributed by atoms with E-state index in [4.69, 9.17) is 10.7 Å². The summed E-state index contributed by atoms with van der Waals surface area (Å²) in [4.78, 5) is 9.48. The van der Waals surface area contributed by atoms with Crippen LogP contribution in [0.4, 0.5) is 0 Å². The highest BCUT2D eigenvalue weighted by Crippen LogP contribution is 2.42. The second-order valence-electron chi connectivity index (χ2n) is 6.92. The quantitative estimate of drug-likeness (QED) is 0.938. The van der Waals surface area contributed by atoms with Gasteiger partial charge in [-0.2, -0.15) is 0 Å². The predicted octanol–water partition coefficient (Wildman–Crippen LogP) is 3.22. The minimum Gasteiger partial charge on any atom is -0.330 e. The van der Waals surface area contributed by atoms with E-state index in [2.05, 4.69) is 15.6 Å². The van der Waals surface area contributed by atoms with Crippen LogP contribution in [0.5, 0.6) is 0 Å². The second-order valence-corrected chi connectivity index (χ2v) is 6.92. The molecule has 0 unspecified atom stereocenters. The molecule has 2 aliphatic carbocycles. The molecular formula is C17H24N4. The Balaban J connectivity index is 1.73. The van der Waals surface area contributed by atoms with Gasteiger partial charge in [-0.05, 0) is 49.8 Å². The molecule has 0 aliphatic heterocycles. The molecule has 0 radical (unpaired) electrons. The highest BCUT2D eigenvalue weighted by Gasteiger charge is 2.35. The van der Waals surface area contributed by atoms with E-state index >= 15 is 0 Å². The molecule has 2 aromatic rings. The zero-order valence-electron chi connectivity index (χ0n) is 12.6. The number of hydrogen-bond acceptors (Lipinski definition) is 3. The molecule has 0 spiro atoms. The molecule has 2 N–H and O–H groups in total. The predicted molar refractivity (Wildman–Crippen MR) is 84.1 cm³/mol. The summed E-state index contributed by atoms with van der Waals surface area (Å²) in [5, 5.41) is 0. The van der Waals surface area contributed by atoms with Crippen molar-refractivity contribution in [1.29, 1.82) is 0 Å². The topological polar surface area (TPSA) is 56.7 Å². The van der Waals surface area contributed by atoms with Gasteiger partial charge in [-0.15, -0.1) is 0 Å². The number of rotatable bonds is 4. The number of nitrogens with two attached hydrogens (primary N) is 1. The minimum atomic E-state index is 0.270. The number of pyridine rings is 1. The fourth-order valence-corrected chi connectivity index (χ4v) is 3.91. The molecule has 0 bridgehead atoms. The van der Waals surface area contributed by atoms with E-state index in [9.17, 15) is 0 Å². The summed E-state index contributed by atoms with van der Waals surface area (Å²) >= 11 is 0. The van der Waals surface area contributed by atoms with Gasteiger partial charge in [-0.1, -0.05) is 19.3 Å². The Morgan fingerprint density at radius 1 is 1.24 bits per heavy atom. The lowest BCUT2D eigenvalue weighted by Crippen LogP contribution is -2.35. The van der Waals surface area contributed by atoms with Gasteiger partial charge in [-0.25, -0.2) is 9.97 Å². The van der Waals surface area contributed by atoms with Crippen molar-refractivity contribution in [3.05, 3.63) is 24.2 Å². The van der Waals surface area contributed by atoms with Crippen molar-refractivity contribution in [3.63, 3.8) is 0 Å². The average molecular weight is 284 g/mol. The first-order chi connectivity index (χ1) is 10.3. The van der Waals surface area contributed by atoms with Crippen molar-refractivity contribution < 1.29 is 0 Å². The Hall–Kier alpha value is -1.42. The molecule has 0 amide bonds. The third-order valence-electron chi connectivity index (χ3n) is 5.31. The van der Waals surface area contributed by atoms with Gasteiger partial charge in [0.05, 0.1) is 0 Å². The van der Waals surface area contributed by atoms with Crippen LogP contribution >= 0.6 is 0 Å². The SMILES string of the molecule is NCC1(Cc2nc3cccnc3n2C2CC2)CCCCC1. The van der Waals surface area contributed by atoms with Crippen molar-refractivity contribution in [1.82, 2.24) is 14.5 Å². The maximum atomic E-state index is 6.17. The maximum Gasteiger partial charge on any atom is 0.160 e. The van der Waals surface area contributed by atoms with Crippen molar-refractivity contribution in [2.45, 2.75) is 57.4 Å². The Morgan fingerprint density at radius 2 is 2.05 bits per heavy atom. The number of nitrogens with zero attached hydrogens (tertiary/aromatic N) is 3. The lowest BCUT2D eigenvalue weighted by atomic mass is 9.71. The number of hydrogen-bond donors (Lipinski definition) is 1. The Bertz CT molecular complexity index is 635. The summed E-state index contributed by atoms with van der Waals surface area (Å²) in [6.45, 7) is 0.786. The van der Waals surface area contributed by atoms with Gasteiger partial charge < -0.3 is 10.3 Å². The lowest BCUT2D eigenvalue weighted by molar-refractivity contribution is 0.192. The first-order valence-electron chi connectivity index (χ1n) is 8.33. The number of fused-ring (bicyclic) bond motifs is 1. The molecule has 4 heteroatoms. The maximum absolute atomic E-state index is 6.17. The molecule has 2 aromatic heterocycles. The summed E-state index contributed by atoms with van der Waals surface area (Å²) in [6, 6.07) is 4.69. The highest BCUT2D eigenvalue weighted by atomic mass is 15.2. The van der Waals surface area contributed by atoms with E-state index in [1.165, 1.54) is 50.8 Å². The van der Waals surface area contributed by atoms with Gasteiger partial charge in [0.25, 0.3) is 0 Å². The Labute approximate surface area is 125 Å². The zero-order valence-corrected chi connectivity index (χ0v) is 12.6. The molecule has 21 heavy (non-hydrogen) atoms. The zero-order chi connectivity index (χ0) is 14.3. The van der Waals surface area contributed by atoms with Gasteiger partial charge in [-0.3, -0.25) is 0 Å². The van der Waals surface area contributed by atoms with Crippen molar-refractivity contribution >= 4 is 11.2 Å². The molecule has 2 aliphatic rings. The molecule has 0 atom stereocenters. The fourth-order valence-electron chi connectivity index (χ4n) is 3.91. The summed E-state index contributed by atoms with van der Waals surface area (Å²) in [7, 11) is 0. The highest BCUT2D eigenvalue weighted by molar-refractivity contribution is 5.71. The largest absolute Gasteiger partial charge is 0.330 e. The van der Waals surface area contributed by atoms with Crippen LogP contribution in [0.2, 0.25) is 0 Å². The monoisotopic (exact) mass is 284 g/mol. The Morgan fingerprint density at radius 3 is 2.76 bits per heavy atom. The van der Waals surface area contributed by atoms with Crippen LogP contribution in [-0.4, -0.2) is 21.1 Å². The summed E-state index contributed by atoms with van der Waals surface area (Å²) in [5.41, 5.74) is 8.55. The van der Waals surface area contributed by atoms with E-state index < -0.39 is 0 Å². The molecule has 112 valence electrons. The average Bonchev–Trinajstić information content (AvgIpc) is 3.29. The van der Waals surface area contributed by atoms with E-state index in [1.54, 1.807) is 0 Å². The van der Waals surface area contributed by atoms with E-state index in [-0.39, 0.29) is 5.41 Å². The van der Waals surface area contributed by atoms with Crippen LogP contribution in [0.15, 0.2) is 18.3 Å². The normalized spacial score (nSPS) is 21.8. The molecule has 0 aromatic carbocycles. The van der Waals surface area contributed by atoms with Crippen molar-refractivity contribution in [2.75, 3.05) is 6.54 Å². The van der Waals surface area contributed by atoms with Crippen LogP contribution in [0.3, 0.4) is 0 Å². The molecule has 2 saturated carbocycles. The summed E-state index contributed by atoms with van der Waals surface area (Å²) in [6.07, 6.45) is 12.0. The Kier molecular flexibility index (Phi) is 3.21. The van der Waals surface area contributed by atoms with E-state index in [0.717, 1.165) is 24.1 Å². The van der Waals surface area contributed by atoms with Crippen molar-refractivity contribution in [3.8, 4) is 0 Å². The van der Waals surface area contributed by atoms with Gasteiger partial charge >= 0.3 is 0 Å².